The molecule has 0 fully saturated rings. The number of hydrogen-bond acceptors (Lipinski definition) is 2. The molecular formula is C9H10O2. The Morgan fingerprint density at radius 3 is 2.55 bits per heavy atom. The first-order chi connectivity index (χ1) is 5.27. The van der Waals surface area contributed by atoms with Gasteiger partial charge in [0, 0.05) is 0 Å². The molecule has 0 heterocycles. The van der Waals surface area contributed by atoms with Crippen LogP contribution in [0.2, 0.25) is 0 Å². The molecule has 0 saturated carbocycles. The molecule has 2 N–H and O–H groups in total. The van der Waals surface area contributed by atoms with Gasteiger partial charge in [-0.15, -0.1) is 0 Å². The lowest BCUT2D eigenvalue weighted by molar-refractivity contribution is 0.253. The quantitative estimate of drug-likeness (QED) is 0.474. The third kappa shape index (κ3) is 8.78. The van der Waals surface area contributed by atoms with E-state index >= 15 is 0 Å². The predicted molar refractivity (Wildman–Crippen MR) is 43.5 cm³/mol. The van der Waals surface area contributed by atoms with E-state index < -0.39 is 6.10 Å². The molecule has 0 aromatic carbocycles. The summed E-state index contributed by atoms with van der Waals surface area (Å²) in [5.41, 5.74) is 0. The van der Waals surface area contributed by atoms with Gasteiger partial charge in [0.05, 0.1) is 0 Å². The molecule has 0 unspecified atom stereocenters. The number of aliphatic hydroxyl groups is 2. The van der Waals surface area contributed by atoms with Gasteiger partial charge in [-0.1, -0.05) is 23.7 Å². The molecule has 0 aromatic rings. The lowest BCUT2D eigenvalue weighted by atomic mass is 10.4. The molecule has 0 aliphatic rings. The van der Waals surface area contributed by atoms with Crippen LogP contribution in [0.15, 0.2) is 12.2 Å². The summed E-state index contributed by atoms with van der Waals surface area (Å²) in [4.78, 5) is 0. The molecule has 2 nitrogen and oxygen atoms in total. The molecule has 0 aliphatic heterocycles. The van der Waals surface area contributed by atoms with E-state index in [1.54, 1.807) is 6.92 Å². The average Bonchev–Trinajstić information content (AvgIpc) is 1.96. The van der Waals surface area contributed by atoms with Crippen molar-refractivity contribution in [1.82, 2.24) is 0 Å². The summed E-state index contributed by atoms with van der Waals surface area (Å²) in [7, 11) is 0. The Balaban J connectivity index is 3.71. The lowest BCUT2D eigenvalue weighted by Crippen LogP contribution is -1.91. The molecule has 0 amide bonds. The van der Waals surface area contributed by atoms with Crippen LogP contribution < -0.4 is 0 Å². The van der Waals surface area contributed by atoms with Crippen LogP contribution >= 0.6 is 0 Å². The Kier molecular flexibility index (Phi) is 6.13. The molecule has 0 aromatic heterocycles. The minimum atomic E-state index is -0.606. The topological polar surface area (TPSA) is 40.5 Å². The molecule has 0 aliphatic carbocycles. The zero-order chi connectivity index (χ0) is 8.53. The molecule has 11 heavy (non-hydrogen) atoms. The number of allylic oxidation sites excluding steroid dienone is 2. The summed E-state index contributed by atoms with van der Waals surface area (Å²) in [5, 5.41) is 16.9. The van der Waals surface area contributed by atoms with E-state index in [1.807, 2.05) is 0 Å². The summed E-state index contributed by atoms with van der Waals surface area (Å²) in [6.07, 6.45) is 2.44. The van der Waals surface area contributed by atoms with Crippen molar-refractivity contribution in [3.63, 3.8) is 0 Å². The Hall–Kier alpha value is -1.22. The lowest BCUT2D eigenvalue weighted by Gasteiger charge is -1.83. The largest absolute Gasteiger partial charge is 0.384 e. The number of hydrogen-bond donors (Lipinski definition) is 2. The summed E-state index contributed by atoms with van der Waals surface area (Å²) in [5.74, 6) is 10.1. The normalized spacial score (nSPS) is 11.2. The molecule has 0 spiro atoms. The molecule has 0 saturated heterocycles. The number of aliphatic hydroxyl groups excluding tert-OH is 2. The van der Waals surface area contributed by atoms with Crippen LogP contribution in [0.25, 0.3) is 0 Å². The van der Waals surface area contributed by atoms with Gasteiger partial charge in [0.1, 0.15) is 12.7 Å². The fourth-order valence-corrected chi connectivity index (χ4v) is 0.357. The van der Waals surface area contributed by atoms with Crippen molar-refractivity contribution in [3.8, 4) is 23.7 Å². The molecule has 0 bridgehead atoms. The fraction of sp³-hybridized carbons (Fsp3) is 0.333. The highest BCUT2D eigenvalue weighted by atomic mass is 16.3. The summed E-state index contributed by atoms with van der Waals surface area (Å²) in [6, 6.07) is 0. The van der Waals surface area contributed by atoms with Gasteiger partial charge in [-0.25, -0.2) is 0 Å². The van der Waals surface area contributed by atoms with E-state index in [-0.39, 0.29) is 6.61 Å². The maximum atomic E-state index is 8.67. The van der Waals surface area contributed by atoms with Crippen molar-refractivity contribution < 1.29 is 10.2 Å². The maximum absolute atomic E-state index is 8.67. The number of rotatable bonds is 0. The summed E-state index contributed by atoms with van der Waals surface area (Å²) < 4.78 is 0. The van der Waals surface area contributed by atoms with E-state index in [4.69, 9.17) is 10.2 Å². The van der Waals surface area contributed by atoms with E-state index in [0.717, 1.165) is 0 Å². The van der Waals surface area contributed by atoms with Crippen molar-refractivity contribution in [2.24, 2.45) is 0 Å². The van der Waals surface area contributed by atoms with E-state index in [9.17, 15) is 0 Å². The Morgan fingerprint density at radius 1 is 1.36 bits per heavy atom. The van der Waals surface area contributed by atoms with Gasteiger partial charge in [0.15, 0.2) is 0 Å². The Bertz CT molecular complexity index is 230. The molecule has 1 atom stereocenters. The van der Waals surface area contributed by atoms with E-state index in [1.165, 1.54) is 12.2 Å². The highest BCUT2D eigenvalue weighted by Gasteiger charge is 1.78. The van der Waals surface area contributed by atoms with Crippen LogP contribution in [0.4, 0.5) is 0 Å². The molecular weight excluding hydrogens is 140 g/mol. The van der Waals surface area contributed by atoms with Gasteiger partial charge in [0.25, 0.3) is 0 Å². The van der Waals surface area contributed by atoms with Gasteiger partial charge in [0.2, 0.25) is 0 Å². The van der Waals surface area contributed by atoms with Crippen molar-refractivity contribution in [2.45, 2.75) is 13.0 Å². The second-order valence-electron chi connectivity index (χ2n) is 1.78. The smallest absolute Gasteiger partial charge is 0.112 e. The third-order valence-corrected chi connectivity index (χ3v) is 0.723. The van der Waals surface area contributed by atoms with Crippen molar-refractivity contribution >= 4 is 0 Å². The van der Waals surface area contributed by atoms with E-state index in [0.29, 0.717) is 0 Å². The van der Waals surface area contributed by atoms with Crippen LogP contribution in [0, 0.1) is 23.7 Å². The Labute approximate surface area is 66.6 Å². The zero-order valence-corrected chi connectivity index (χ0v) is 6.33. The SMILES string of the molecule is C[C@H](O)C#C/C=C\C#CCO. The maximum Gasteiger partial charge on any atom is 0.112 e. The highest BCUT2D eigenvalue weighted by molar-refractivity contribution is 5.25. The second kappa shape index (κ2) is 6.89. The van der Waals surface area contributed by atoms with Crippen LogP contribution in [0.1, 0.15) is 6.92 Å². The van der Waals surface area contributed by atoms with Gasteiger partial charge < -0.3 is 10.2 Å². The zero-order valence-electron chi connectivity index (χ0n) is 6.33. The molecule has 0 radical (unpaired) electrons. The summed E-state index contributed by atoms with van der Waals surface area (Å²) >= 11 is 0. The van der Waals surface area contributed by atoms with Crippen LogP contribution in [-0.2, 0) is 0 Å². The van der Waals surface area contributed by atoms with Gasteiger partial charge >= 0.3 is 0 Å². The fourth-order valence-electron chi connectivity index (χ4n) is 0.357. The van der Waals surface area contributed by atoms with Gasteiger partial charge in [-0.05, 0) is 19.1 Å². The van der Waals surface area contributed by atoms with Gasteiger partial charge in [-0.2, -0.15) is 0 Å². The molecule has 0 rings (SSSR count). The summed E-state index contributed by atoms with van der Waals surface area (Å²) in [6.45, 7) is 1.44. The highest BCUT2D eigenvalue weighted by Crippen LogP contribution is 1.73. The first-order valence-electron chi connectivity index (χ1n) is 3.20. The third-order valence-electron chi connectivity index (χ3n) is 0.723. The van der Waals surface area contributed by atoms with E-state index in [2.05, 4.69) is 23.7 Å². The first kappa shape index (κ1) is 9.78. The second-order valence-corrected chi connectivity index (χ2v) is 1.78. The monoisotopic (exact) mass is 150 g/mol. The minimum absolute atomic E-state index is 0.145. The van der Waals surface area contributed by atoms with Crippen LogP contribution in [0.3, 0.4) is 0 Å². The first-order valence-corrected chi connectivity index (χ1v) is 3.20. The molecule has 2 heteroatoms. The van der Waals surface area contributed by atoms with Crippen LogP contribution in [-0.4, -0.2) is 22.9 Å². The van der Waals surface area contributed by atoms with Crippen LogP contribution in [0.5, 0.6) is 0 Å². The van der Waals surface area contributed by atoms with Crippen molar-refractivity contribution in [2.75, 3.05) is 6.61 Å². The Morgan fingerprint density at radius 2 is 2.00 bits per heavy atom. The van der Waals surface area contributed by atoms with Crippen molar-refractivity contribution in [3.05, 3.63) is 12.2 Å². The standard InChI is InChI=1S/C9H10O2/c1-9(11)7-5-3-2-4-6-8-10/h2-3,9-11H,8H2,1H3/b3-2-/t9-/m0/s1. The van der Waals surface area contributed by atoms with Crippen molar-refractivity contribution in [1.29, 1.82) is 0 Å². The van der Waals surface area contributed by atoms with Gasteiger partial charge in [-0.3, -0.25) is 0 Å². The minimum Gasteiger partial charge on any atom is -0.384 e. The molecule has 58 valence electrons. The average molecular weight is 150 g/mol. The predicted octanol–water partition coefficient (Wildman–Crippen LogP) is -0.0775.